The number of allylic oxidation sites excluding steroid dienone is 1. The minimum Gasteiger partial charge on any atom is -0.462 e. The third-order valence-corrected chi connectivity index (χ3v) is 3.59. The van der Waals surface area contributed by atoms with Crippen LogP contribution in [0.4, 0.5) is 0 Å². The molecule has 0 rings (SSSR count). The van der Waals surface area contributed by atoms with Gasteiger partial charge in [-0.25, -0.2) is 4.79 Å². The fourth-order valence-electron chi connectivity index (χ4n) is 2.33. The lowest BCUT2D eigenvalue weighted by molar-refractivity contribution is -0.139. The van der Waals surface area contributed by atoms with Crippen LogP contribution in [0.2, 0.25) is 0 Å². The first-order valence-electron chi connectivity index (χ1n) is 8.42. The second-order valence-electron chi connectivity index (χ2n) is 5.74. The van der Waals surface area contributed by atoms with Gasteiger partial charge in [-0.05, 0) is 26.2 Å². The summed E-state index contributed by atoms with van der Waals surface area (Å²) in [5, 5.41) is 0. The van der Waals surface area contributed by atoms with Gasteiger partial charge in [0.25, 0.3) is 0 Å². The molecule has 0 bridgehead atoms. The largest absolute Gasteiger partial charge is 0.462 e. The molecule has 122 valence electrons. The summed E-state index contributed by atoms with van der Waals surface area (Å²) < 4.78 is 4.92. The van der Waals surface area contributed by atoms with Gasteiger partial charge in [0.1, 0.15) is 0 Å². The van der Waals surface area contributed by atoms with E-state index in [0.29, 0.717) is 6.61 Å². The van der Waals surface area contributed by atoms with Gasteiger partial charge in [-0.3, -0.25) is 4.79 Å². The lowest BCUT2D eigenvalue weighted by Crippen LogP contribution is -2.14. The molecule has 0 aliphatic heterocycles. The molecule has 0 saturated carbocycles. The number of esters is 1. The summed E-state index contributed by atoms with van der Waals surface area (Å²) >= 11 is 0. The normalized spacial score (nSPS) is 13.0. The van der Waals surface area contributed by atoms with Gasteiger partial charge in [0.2, 0.25) is 0 Å². The molecule has 0 saturated heterocycles. The maximum atomic E-state index is 11.7. The van der Waals surface area contributed by atoms with E-state index < -0.39 is 5.97 Å². The first kappa shape index (κ1) is 19.9. The minimum absolute atomic E-state index is 0.201. The molecule has 0 aliphatic rings. The molecule has 0 fully saturated rings. The van der Waals surface area contributed by atoms with Crippen molar-refractivity contribution in [3.8, 4) is 0 Å². The zero-order valence-electron chi connectivity index (χ0n) is 14.2. The Morgan fingerprint density at radius 1 is 1.00 bits per heavy atom. The molecule has 0 aliphatic carbocycles. The van der Waals surface area contributed by atoms with E-state index in [1.807, 2.05) is 0 Å². The highest BCUT2D eigenvalue weighted by atomic mass is 16.5. The monoisotopic (exact) mass is 296 g/mol. The van der Waals surface area contributed by atoms with Crippen LogP contribution in [-0.4, -0.2) is 18.4 Å². The van der Waals surface area contributed by atoms with Gasteiger partial charge in [-0.1, -0.05) is 64.9 Å². The van der Waals surface area contributed by atoms with Crippen molar-refractivity contribution in [2.75, 3.05) is 6.61 Å². The number of carbonyl (C=O) groups excluding carboxylic acids is 2. The minimum atomic E-state index is -0.489. The topological polar surface area (TPSA) is 43.4 Å². The van der Waals surface area contributed by atoms with Crippen LogP contribution < -0.4 is 0 Å². The standard InChI is InChI=1S/C18H32O3/c1-5-7-8-9-10-11-12-13-15(3)14-17(16(4)19)18(20)21-6-2/h14-15H,5-13H2,1-4H3/b17-14+. The van der Waals surface area contributed by atoms with E-state index in [2.05, 4.69) is 13.8 Å². The Labute approximate surface area is 130 Å². The van der Waals surface area contributed by atoms with Crippen molar-refractivity contribution in [3.05, 3.63) is 11.6 Å². The molecule has 0 aromatic heterocycles. The third kappa shape index (κ3) is 10.3. The first-order chi connectivity index (χ1) is 10.0. The number of Topliss-reactive ketones (excluding diaryl/α,β-unsaturated/α-hetero) is 1. The van der Waals surface area contributed by atoms with E-state index in [4.69, 9.17) is 4.74 Å². The molecule has 3 heteroatoms. The third-order valence-electron chi connectivity index (χ3n) is 3.59. The van der Waals surface area contributed by atoms with Crippen molar-refractivity contribution in [2.45, 2.75) is 79.1 Å². The van der Waals surface area contributed by atoms with Crippen LogP contribution in [0.1, 0.15) is 79.1 Å². The molecule has 0 aromatic rings. The Kier molecular flexibility index (Phi) is 11.9. The first-order valence-corrected chi connectivity index (χ1v) is 8.42. The Balaban J connectivity index is 4.06. The number of hydrogen-bond donors (Lipinski definition) is 0. The fourth-order valence-corrected chi connectivity index (χ4v) is 2.33. The molecular formula is C18H32O3. The van der Waals surface area contributed by atoms with Crippen molar-refractivity contribution in [3.63, 3.8) is 0 Å². The number of rotatable bonds is 12. The SMILES string of the molecule is CCCCCCCCCC(C)/C=C(\C(C)=O)C(=O)OCC. The molecular weight excluding hydrogens is 264 g/mol. The summed E-state index contributed by atoms with van der Waals surface area (Å²) in [5.41, 5.74) is 0.201. The van der Waals surface area contributed by atoms with Gasteiger partial charge in [0, 0.05) is 0 Å². The molecule has 0 aromatic carbocycles. The predicted molar refractivity (Wildman–Crippen MR) is 87.2 cm³/mol. The van der Waals surface area contributed by atoms with E-state index >= 15 is 0 Å². The summed E-state index contributed by atoms with van der Waals surface area (Å²) in [5.74, 6) is -0.458. The number of hydrogen-bond acceptors (Lipinski definition) is 3. The van der Waals surface area contributed by atoms with E-state index in [0.717, 1.165) is 12.8 Å². The van der Waals surface area contributed by atoms with Gasteiger partial charge in [-0.15, -0.1) is 0 Å². The van der Waals surface area contributed by atoms with Crippen LogP contribution in [0.15, 0.2) is 11.6 Å². The highest BCUT2D eigenvalue weighted by Gasteiger charge is 2.16. The predicted octanol–water partition coefficient (Wildman–Crippen LogP) is 4.84. The number of ketones is 1. The van der Waals surface area contributed by atoms with Gasteiger partial charge < -0.3 is 4.74 Å². The number of unbranched alkanes of at least 4 members (excludes halogenated alkanes) is 6. The molecule has 21 heavy (non-hydrogen) atoms. The molecule has 1 unspecified atom stereocenters. The Hall–Kier alpha value is -1.12. The summed E-state index contributed by atoms with van der Waals surface area (Å²) in [4.78, 5) is 23.2. The van der Waals surface area contributed by atoms with Crippen molar-refractivity contribution < 1.29 is 14.3 Å². The number of carbonyl (C=O) groups is 2. The highest BCUT2D eigenvalue weighted by molar-refractivity contribution is 6.16. The van der Waals surface area contributed by atoms with Crippen molar-refractivity contribution in [1.29, 1.82) is 0 Å². The van der Waals surface area contributed by atoms with Crippen LogP contribution in [0, 0.1) is 5.92 Å². The van der Waals surface area contributed by atoms with Crippen LogP contribution in [-0.2, 0) is 14.3 Å². The molecule has 0 radical (unpaired) electrons. The van der Waals surface area contributed by atoms with Crippen LogP contribution in [0.3, 0.4) is 0 Å². The molecule has 3 nitrogen and oxygen atoms in total. The van der Waals surface area contributed by atoms with Crippen LogP contribution >= 0.6 is 0 Å². The maximum Gasteiger partial charge on any atom is 0.341 e. The quantitative estimate of drug-likeness (QED) is 0.170. The smallest absolute Gasteiger partial charge is 0.341 e. The van der Waals surface area contributed by atoms with E-state index in [9.17, 15) is 9.59 Å². The summed E-state index contributed by atoms with van der Waals surface area (Å²) in [6.07, 6.45) is 11.7. The van der Waals surface area contributed by atoms with Crippen LogP contribution in [0.25, 0.3) is 0 Å². The summed E-state index contributed by atoms with van der Waals surface area (Å²) in [7, 11) is 0. The molecule has 0 N–H and O–H groups in total. The van der Waals surface area contributed by atoms with Gasteiger partial charge in [0.15, 0.2) is 5.78 Å². The Bertz CT molecular complexity index is 331. The van der Waals surface area contributed by atoms with Gasteiger partial charge in [-0.2, -0.15) is 0 Å². The Morgan fingerprint density at radius 2 is 1.57 bits per heavy atom. The van der Waals surface area contributed by atoms with Crippen LogP contribution in [0.5, 0.6) is 0 Å². The Morgan fingerprint density at radius 3 is 2.10 bits per heavy atom. The van der Waals surface area contributed by atoms with Gasteiger partial charge >= 0.3 is 5.97 Å². The second kappa shape index (κ2) is 12.6. The van der Waals surface area contributed by atoms with Crippen molar-refractivity contribution >= 4 is 11.8 Å². The molecule has 0 amide bonds. The number of ether oxygens (including phenoxy) is 1. The lowest BCUT2D eigenvalue weighted by Gasteiger charge is -2.09. The van der Waals surface area contributed by atoms with Crippen molar-refractivity contribution in [1.82, 2.24) is 0 Å². The fraction of sp³-hybridized carbons (Fsp3) is 0.778. The van der Waals surface area contributed by atoms with E-state index in [1.54, 1.807) is 13.0 Å². The van der Waals surface area contributed by atoms with E-state index in [1.165, 1.54) is 45.4 Å². The van der Waals surface area contributed by atoms with E-state index in [-0.39, 0.29) is 17.3 Å². The van der Waals surface area contributed by atoms with Crippen molar-refractivity contribution in [2.24, 2.45) is 5.92 Å². The second-order valence-corrected chi connectivity index (χ2v) is 5.74. The zero-order valence-corrected chi connectivity index (χ0v) is 14.2. The maximum absolute atomic E-state index is 11.7. The molecule has 1 atom stereocenters. The van der Waals surface area contributed by atoms with Gasteiger partial charge in [0.05, 0.1) is 12.2 Å². The summed E-state index contributed by atoms with van der Waals surface area (Å²) in [6.45, 7) is 7.75. The summed E-state index contributed by atoms with van der Waals surface area (Å²) in [6, 6.07) is 0. The average Bonchev–Trinajstić information content (AvgIpc) is 2.43. The lowest BCUT2D eigenvalue weighted by atomic mass is 9.98. The zero-order chi connectivity index (χ0) is 16.1. The molecule has 0 heterocycles. The average molecular weight is 296 g/mol. The molecule has 0 spiro atoms. The highest BCUT2D eigenvalue weighted by Crippen LogP contribution is 2.16.